The Morgan fingerprint density at radius 2 is 1.70 bits per heavy atom. The molecule has 1 aromatic heterocycles. The van der Waals surface area contributed by atoms with Crippen LogP contribution in [0.5, 0.6) is 0 Å². The molecule has 0 atom stereocenters. The Labute approximate surface area is 125 Å². The van der Waals surface area contributed by atoms with E-state index >= 15 is 0 Å². The van der Waals surface area contributed by atoms with E-state index < -0.39 is 0 Å². The van der Waals surface area contributed by atoms with Gasteiger partial charge in [0.25, 0.3) is 5.91 Å². The lowest BCUT2D eigenvalue weighted by atomic mass is 10.2. The van der Waals surface area contributed by atoms with E-state index in [1.807, 2.05) is 24.3 Å². The third-order valence-electron chi connectivity index (χ3n) is 2.99. The predicted molar refractivity (Wildman–Crippen MR) is 82.7 cm³/mol. The zero-order valence-electron chi connectivity index (χ0n) is 10.3. The highest BCUT2D eigenvalue weighted by molar-refractivity contribution is 6.39. The molecule has 1 amide bonds. The number of fused-ring (bicyclic) bond motifs is 1. The molecule has 100 valence electrons. The Balaban J connectivity index is 1.97. The number of hydrogen-bond donors (Lipinski definition) is 2. The van der Waals surface area contributed by atoms with Gasteiger partial charge in [0, 0.05) is 10.9 Å². The van der Waals surface area contributed by atoms with Crippen LogP contribution >= 0.6 is 23.2 Å². The number of aromatic nitrogens is 1. The zero-order chi connectivity index (χ0) is 14.1. The fraction of sp³-hybridized carbons (Fsp3) is 0. The molecule has 0 aliphatic heterocycles. The van der Waals surface area contributed by atoms with Crippen LogP contribution in [0.15, 0.2) is 48.5 Å². The minimum absolute atomic E-state index is 0.320. The topological polar surface area (TPSA) is 44.9 Å². The quantitative estimate of drug-likeness (QED) is 0.706. The number of anilines is 1. The minimum Gasteiger partial charge on any atom is -0.349 e. The van der Waals surface area contributed by atoms with Gasteiger partial charge in [0.15, 0.2) is 0 Å². The highest BCUT2D eigenvalue weighted by Crippen LogP contribution is 2.28. The van der Waals surface area contributed by atoms with E-state index in [9.17, 15) is 4.79 Å². The van der Waals surface area contributed by atoms with Crippen molar-refractivity contribution in [3.63, 3.8) is 0 Å². The van der Waals surface area contributed by atoms with Gasteiger partial charge in [0.05, 0.1) is 15.7 Å². The van der Waals surface area contributed by atoms with Gasteiger partial charge in [-0.05, 0) is 18.2 Å². The summed E-state index contributed by atoms with van der Waals surface area (Å²) in [4.78, 5) is 15.3. The highest BCUT2D eigenvalue weighted by atomic mass is 35.5. The Morgan fingerprint density at radius 1 is 1.00 bits per heavy atom. The maximum absolute atomic E-state index is 12.3. The van der Waals surface area contributed by atoms with Crippen LogP contribution in [0.4, 0.5) is 5.69 Å². The van der Waals surface area contributed by atoms with Gasteiger partial charge < -0.3 is 10.3 Å². The standard InChI is InChI=1S/C15H10Cl2N2O/c16-10-6-2-4-8-12(10)19-15(20)14-13(17)9-5-1-3-7-11(9)18-14/h1-8,18H,(H,19,20). The lowest BCUT2D eigenvalue weighted by Gasteiger charge is -2.05. The van der Waals surface area contributed by atoms with Crippen LogP contribution in [0.2, 0.25) is 10.0 Å². The number of para-hydroxylation sites is 2. The van der Waals surface area contributed by atoms with E-state index in [2.05, 4.69) is 10.3 Å². The number of carbonyl (C=O) groups excluding carboxylic acids is 1. The number of aromatic amines is 1. The molecule has 0 aliphatic rings. The summed E-state index contributed by atoms with van der Waals surface area (Å²) >= 11 is 12.2. The molecule has 2 aromatic carbocycles. The van der Waals surface area contributed by atoms with Crippen LogP contribution in [-0.2, 0) is 0 Å². The van der Waals surface area contributed by atoms with Crippen molar-refractivity contribution >= 4 is 45.7 Å². The van der Waals surface area contributed by atoms with E-state index in [-0.39, 0.29) is 5.91 Å². The number of amides is 1. The number of nitrogens with one attached hydrogen (secondary N) is 2. The zero-order valence-corrected chi connectivity index (χ0v) is 11.8. The lowest BCUT2D eigenvalue weighted by molar-refractivity contribution is 0.102. The van der Waals surface area contributed by atoms with Crippen molar-refractivity contribution < 1.29 is 4.79 Å². The molecule has 20 heavy (non-hydrogen) atoms. The number of H-pyrrole nitrogens is 1. The second kappa shape index (κ2) is 5.19. The maximum Gasteiger partial charge on any atom is 0.273 e. The van der Waals surface area contributed by atoms with Crippen LogP contribution in [0.3, 0.4) is 0 Å². The molecular weight excluding hydrogens is 295 g/mol. The molecule has 3 rings (SSSR count). The number of hydrogen-bond acceptors (Lipinski definition) is 1. The van der Waals surface area contributed by atoms with E-state index in [1.54, 1.807) is 24.3 Å². The second-order valence-corrected chi connectivity index (χ2v) is 5.08. The highest BCUT2D eigenvalue weighted by Gasteiger charge is 2.16. The number of rotatable bonds is 2. The van der Waals surface area contributed by atoms with Gasteiger partial charge in [-0.3, -0.25) is 4.79 Å². The molecule has 3 aromatic rings. The molecular formula is C15H10Cl2N2O. The molecule has 0 unspecified atom stereocenters. The van der Waals surface area contributed by atoms with Crippen molar-refractivity contribution in [1.82, 2.24) is 4.98 Å². The fourth-order valence-electron chi connectivity index (χ4n) is 2.01. The number of benzene rings is 2. The Hall–Kier alpha value is -1.97. The first kappa shape index (κ1) is 13.0. The average molecular weight is 305 g/mol. The molecule has 0 radical (unpaired) electrons. The van der Waals surface area contributed by atoms with Crippen molar-refractivity contribution in [2.75, 3.05) is 5.32 Å². The lowest BCUT2D eigenvalue weighted by Crippen LogP contribution is -2.13. The molecule has 0 fully saturated rings. The van der Waals surface area contributed by atoms with Crippen molar-refractivity contribution in [2.45, 2.75) is 0 Å². The van der Waals surface area contributed by atoms with Gasteiger partial charge in [-0.1, -0.05) is 53.5 Å². The van der Waals surface area contributed by atoms with Gasteiger partial charge in [-0.2, -0.15) is 0 Å². The summed E-state index contributed by atoms with van der Waals surface area (Å²) < 4.78 is 0. The van der Waals surface area contributed by atoms with Gasteiger partial charge in [0.1, 0.15) is 5.69 Å². The van der Waals surface area contributed by atoms with Crippen LogP contribution in [0, 0.1) is 0 Å². The normalized spacial score (nSPS) is 10.7. The number of halogens is 2. The Kier molecular flexibility index (Phi) is 3.38. The summed E-state index contributed by atoms with van der Waals surface area (Å²) in [5.74, 6) is -0.320. The third kappa shape index (κ3) is 2.26. The first-order chi connectivity index (χ1) is 9.66. The first-order valence-corrected chi connectivity index (χ1v) is 6.74. The van der Waals surface area contributed by atoms with Crippen LogP contribution in [-0.4, -0.2) is 10.9 Å². The molecule has 0 spiro atoms. The average Bonchev–Trinajstić information content (AvgIpc) is 2.79. The van der Waals surface area contributed by atoms with E-state index in [0.717, 1.165) is 10.9 Å². The second-order valence-electron chi connectivity index (χ2n) is 4.29. The smallest absolute Gasteiger partial charge is 0.273 e. The van der Waals surface area contributed by atoms with Crippen LogP contribution in [0.25, 0.3) is 10.9 Å². The summed E-state index contributed by atoms with van der Waals surface area (Å²) in [6.07, 6.45) is 0. The molecule has 1 heterocycles. The molecule has 0 bridgehead atoms. The van der Waals surface area contributed by atoms with Crippen LogP contribution < -0.4 is 5.32 Å². The van der Waals surface area contributed by atoms with Gasteiger partial charge in [-0.15, -0.1) is 0 Å². The van der Waals surface area contributed by atoms with Crippen molar-refractivity contribution in [2.24, 2.45) is 0 Å². The predicted octanol–water partition coefficient (Wildman–Crippen LogP) is 4.73. The third-order valence-corrected chi connectivity index (χ3v) is 3.71. The summed E-state index contributed by atoms with van der Waals surface area (Å²) in [5, 5.41) is 4.45. The number of carbonyl (C=O) groups is 1. The SMILES string of the molecule is O=C(Nc1ccccc1Cl)c1[nH]c2ccccc2c1Cl. The van der Waals surface area contributed by atoms with Crippen molar-refractivity contribution in [1.29, 1.82) is 0 Å². The molecule has 3 nitrogen and oxygen atoms in total. The van der Waals surface area contributed by atoms with E-state index in [0.29, 0.717) is 21.4 Å². The molecule has 5 heteroatoms. The van der Waals surface area contributed by atoms with Gasteiger partial charge in [-0.25, -0.2) is 0 Å². The van der Waals surface area contributed by atoms with Gasteiger partial charge in [0.2, 0.25) is 0 Å². The summed E-state index contributed by atoms with van der Waals surface area (Å²) in [6.45, 7) is 0. The fourth-order valence-corrected chi connectivity index (χ4v) is 2.49. The Morgan fingerprint density at radius 3 is 2.45 bits per heavy atom. The minimum atomic E-state index is -0.320. The van der Waals surface area contributed by atoms with Crippen molar-refractivity contribution in [3.05, 3.63) is 64.3 Å². The van der Waals surface area contributed by atoms with Crippen LogP contribution in [0.1, 0.15) is 10.5 Å². The summed E-state index contributed by atoms with van der Waals surface area (Å²) in [6, 6.07) is 14.5. The van der Waals surface area contributed by atoms with Gasteiger partial charge >= 0.3 is 0 Å². The summed E-state index contributed by atoms with van der Waals surface area (Å²) in [5.41, 5.74) is 1.70. The molecule has 0 aliphatic carbocycles. The summed E-state index contributed by atoms with van der Waals surface area (Å²) in [7, 11) is 0. The Bertz CT molecular complexity index is 795. The monoisotopic (exact) mass is 304 g/mol. The largest absolute Gasteiger partial charge is 0.349 e. The molecule has 0 saturated heterocycles. The maximum atomic E-state index is 12.3. The molecule has 2 N–H and O–H groups in total. The van der Waals surface area contributed by atoms with E-state index in [1.165, 1.54) is 0 Å². The van der Waals surface area contributed by atoms with E-state index in [4.69, 9.17) is 23.2 Å². The molecule has 0 saturated carbocycles. The first-order valence-electron chi connectivity index (χ1n) is 5.99. The van der Waals surface area contributed by atoms with Crippen molar-refractivity contribution in [3.8, 4) is 0 Å².